The molecule has 0 fully saturated rings. The Morgan fingerprint density at radius 3 is 0.884 bits per heavy atom. The van der Waals surface area contributed by atoms with Crippen LogP contribution in [0, 0.1) is 16.2 Å². The summed E-state index contributed by atoms with van der Waals surface area (Å²) in [6.45, 7) is 4.75. The molecule has 0 saturated carbocycles. The second-order valence-electron chi connectivity index (χ2n) is 10.9. The first-order valence-corrected chi connectivity index (χ1v) is 13.6. The number of methoxy groups -OCH3 is 4. The number of hydrogen-bond acceptors (Lipinski definition) is 14. The molecule has 0 unspecified atom stereocenters. The first-order chi connectivity index (χ1) is 20.0. The number of ether oxygens (including phenoxy) is 6. The third-order valence-electron chi connectivity index (χ3n) is 7.25. The fourth-order valence-electron chi connectivity index (χ4n) is 4.16. The normalized spacial score (nSPS) is 11.5. The number of esters is 6. The maximum atomic E-state index is 13.3. The number of Topliss-reactive ketones (excluding diaryl/α,β-unsaturated/α-hetero) is 2. The van der Waals surface area contributed by atoms with Crippen molar-refractivity contribution in [2.24, 2.45) is 16.2 Å². The molecule has 0 bridgehead atoms. The fourth-order valence-corrected chi connectivity index (χ4v) is 4.16. The van der Waals surface area contributed by atoms with Crippen LogP contribution in [-0.4, -0.2) is 89.0 Å². The van der Waals surface area contributed by atoms with Gasteiger partial charge in [0.2, 0.25) is 0 Å². The van der Waals surface area contributed by atoms with E-state index in [-0.39, 0.29) is 64.6 Å². The molecule has 0 spiro atoms. The lowest BCUT2D eigenvalue weighted by Crippen LogP contribution is -2.44. The lowest BCUT2D eigenvalue weighted by atomic mass is 9.75. The van der Waals surface area contributed by atoms with E-state index in [1.54, 1.807) is 13.8 Å². The van der Waals surface area contributed by atoms with Gasteiger partial charge in [-0.3, -0.25) is 38.4 Å². The SMILES string of the molecule is COC(=O)CCC(CCC(=O)OC)(C(C)=O)C(=O)OCC(C)(C)COC(=O)C(CCC(=O)OC)(CCC(=O)OC)C(C)=O. The first-order valence-electron chi connectivity index (χ1n) is 13.6. The van der Waals surface area contributed by atoms with Crippen LogP contribution in [0.2, 0.25) is 0 Å². The molecule has 14 heteroatoms. The van der Waals surface area contributed by atoms with Crippen LogP contribution < -0.4 is 0 Å². The van der Waals surface area contributed by atoms with Crippen LogP contribution in [-0.2, 0) is 66.8 Å². The minimum absolute atomic E-state index is 0.276. The zero-order valence-electron chi connectivity index (χ0n) is 26.3. The van der Waals surface area contributed by atoms with Crippen LogP contribution in [0.15, 0.2) is 0 Å². The van der Waals surface area contributed by atoms with Gasteiger partial charge in [-0.05, 0) is 39.5 Å². The van der Waals surface area contributed by atoms with E-state index in [9.17, 15) is 38.4 Å². The van der Waals surface area contributed by atoms with Gasteiger partial charge in [0, 0.05) is 31.1 Å². The van der Waals surface area contributed by atoms with Crippen LogP contribution in [0.1, 0.15) is 79.1 Å². The second-order valence-corrected chi connectivity index (χ2v) is 10.9. The Bertz CT molecular complexity index is 922. The van der Waals surface area contributed by atoms with Gasteiger partial charge >= 0.3 is 35.8 Å². The lowest BCUT2D eigenvalue weighted by molar-refractivity contribution is -0.169. The third kappa shape index (κ3) is 12.1. The molecule has 0 aromatic heterocycles. The van der Waals surface area contributed by atoms with Gasteiger partial charge in [0.25, 0.3) is 0 Å². The minimum Gasteiger partial charge on any atom is -0.469 e. The van der Waals surface area contributed by atoms with E-state index >= 15 is 0 Å². The summed E-state index contributed by atoms with van der Waals surface area (Å²) in [5, 5.41) is 0. The van der Waals surface area contributed by atoms with Crippen LogP contribution >= 0.6 is 0 Å². The molecule has 0 rings (SSSR count). The molecule has 0 N–H and O–H groups in total. The van der Waals surface area contributed by atoms with E-state index in [1.165, 1.54) is 0 Å². The molecule has 0 amide bonds. The topological polar surface area (TPSA) is 192 Å². The molecule has 0 aliphatic carbocycles. The van der Waals surface area contributed by atoms with E-state index < -0.39 is 63.6 Å². The molecule has 43 heavy (non-hydrogen) atoms. The predicted molar refractivity (Wildman–Crippen MR) is 147 cm³/mol. The van der Waals surface area contributed by atoms with Crippen molar-refractivity contribution in [2.75, 3.05) is 41.7 Å². The molecular formula is C29H44O14. The monoisotopic (exact) mass is 616 g/mol. The molecule has 0 radical (unpaired) electrons. The maximum Gasteiger partial charge on any atom is 0.319 e. The van der Waals surface area contributed by atoms with Crippen molar-refractivity contribution in [3.8, 4) is 0 Å². The Morgan fingerprint density at radius 2 is 0.698 bits per heavy atom. The number of carbonyl (C=O) groups is 8. The van der Waals surface area contributed by atoms with Gasteiger partial charge in [0.05, 0.1) is 41.7 Å². The Labute approximate surface area is 251 Å². The smallest absolute Gasteiger partial charge is 0.319 e. The lowest BCUT2D eigenvalue weighted by Gasteiger charge is -2.33. The highest BCUT2D eigenvalue weighted by Gasteiger charge is 2.47. The fraction of sp³-hybridized carbons (Fsp3) is 0.724. The zero-order chi connectivity index (χ0) is 33.4. The average molecular weight is 617 g/mol. The van der Waals surface area contributed by atoms with Crippen LogP contribution in [0.4, 0.5) is 0 Å². The first kappa shape index (κ1) is 39.2. The molecule has 0 aliphatic heterocycles. The van der Waals surface area contributed by atoms with Crippen molar-refractivity contribution < 1.29 is 66.8 Å². The molecule has 0 heterocycles. The van der Waals surface area contributed by atoms with Gasteiger partial charge in [0.1, 0.15) is 22.4 Å². The summed E-state index contributed by atoms with van der Waals surface area (Å²) >= 11 is 0. The third-order valence-corrected chi connectivity index (χ3v) is 7.25. The highest BCUT2D eigenvalue weighted by molar-refractivity contribution is 6.04. The molecule has 0 aliphatic rings. The summed E-state index contributed by atoms with van der Waals surface area (Å²) in [5.41, 5.74) is -4.74. The Kier molecular flexibility index (Phi) is 16.4. The van der Waals surface area contributed by atoms with Crippen molar-refractivity contribution in [3.05, 3.63) is 0 Å². The zero-order valence-corrected chi connectivity index (χ0v) is 26.3. The Balaban J connectivity index is 5.87. The van der Waals surface area contributed by atoms with Gasteiger partial charge < -0.3 is 28.4 Å². The molecular weight excluding hydrogens is 572 g/mol. The summed E-state index contributed by atoms with van der Waals surface area (Å²) in [6.07, 6.45) is -2.28. The van der Waals surface area contributed by atoms with E-state index in [2.05, 4.69) is 18.9 Å². The summed E-state index contributed by atoms with van der Waals surface area (Å²) in [6, 6.07) is 0. The molecule has 0 aromatic rings. The standard InChI is InChI=1S/C29H44O14/c1-19(30)28(13-9-21(32)38-5,14-10-22(33)39-6)25(36)42-17-27(3,4)18-43-26(37)29(20(2)31,15-11-23(34)40-7)16-12-24(35)41-8/h9-18H2,1-8H3. The van der Waals surface area contributed by atoms with Gasteiger partial charge in [-0.1, -0.05) is 13.8 Å². The van der Waals surface area contributed by atoms with E-state index in [1.807, 2.05) is 0 Å². The van der Waals surface area contributed by atoms with Gasteiger partial charge in [-0.2, -0.15) is 0 Å². The van der Waals surface area contributed by atoms with E-state index in [0.717, 1.165) is 42.3 Å². The van der Waals surface area contributed by atoms with Crippen molar-refractivity contribution in [1.82, 2.24) is 0 Å². The van der Waals surface area contributed by atoms with Crippen LogP contribution in [0.3, 0.4) is 0 Å². The van der Waals surface area contributed by atoms with Crippen LogP contribution in [0.25, 0.3) is 0 Å². The maximum absolute atomic E-state index is 13.3. The summed E-state index contributed by atoms with van der Waals surface area (Å²) in [7, 11) is 4.61. The summed E-state index contributed by atoms with van der Waals surface area (Å²) in [4.78, 5) is 99.2. The van der Waals surface area contributed by atoms with E-state index in [0.29, 0.717) is 0 Å². The Morgan fingerprint density at radius 1 is 0.465 bits per heavy atom. The number of carbonyl (C=O) groups excluding carboxylic acids is 8. The molecule has 14 nitrogen and oxygen atoms in total. The largest absolute Gasteiger partial charge is 0.469 e. The molecule has 244 valence electrons. The summed E-state index contributed by atoms with van der Waals surface area (Å²) in [5.74, 6) is -5.90. The van der Waals surface area contributed by atoms with Crippen LogP contribution in [0.5, 0.6) is 0 Å². The van der Waals surface area contributed by atoms with Crippen molar-refractivity contribution in [2.45, 2.75) is 79.1 Å². The van der Waals surface area contributed by atoms with Gasteiger partial charge in [-0.25, -0.2) is 0 Å². The molecule has 0 atom stereocenters. The number of ketones is 2. The second kappa shape index (κ2) is 18.0. The van der Waals surface area contributed by atoms with Crippen molar-refractivity contribution >= 4 is 47.4 Å². The minimum atomic E-state index is -1.85. The predicted octanol–water partition coefficient (Wildman–Crippen LogP) is 2.06. The van der Waals surface area contributed by atoms with Gasteiger partial charge in [0.15, 0.2) is 0 Å². The van der Waals surface area contributed by atoms with E-state index in [4.69, 9.17) is 9.47 Å². The van der Waals surface area contributed by atoms with Gasteiger partial charge in [-0.15, -0.1) is 0 Å². The quantitative estimate of drug-likeness (QED) is 0.110. The highest BCUT2D eigenvalue weighted by Crippen LogP contribution is 2.36. The highest BCUT2D eigenvalue weighted by atomic mass is 16.6. The van der Waals surface area contributed by atoms with Crippen molar-refractivity contribution in [1.29, 1.82) is 0 Å². The summed E-state index contributed by atoms with van der Waals surface area (Å²) < 4.78 is 29.4. The molecule has 0 saturated heterocycles. The number of hydrogen-bond donors (Lipinski definition) is 0. The average Bonchev–Trinajstić information content (AvgIpc) is 2.97. The number of rotatable bonds is 20. The molecule has 0 aromatic carbocycles. The van der Waals surface area contributed by atoms with Crippen molar-refractivity contribution in [3.63, 3.8) is 0 Å². The Hall–Kier alpha value is -3.84.